The Hall–Kier alpha value is -1.85. The molecule has 1 heterocycles. The van der Waals surface area contributed by atoms with Gasteiger partial charge >= 0.3 is 5.69 Å². The molecule has 6 nitrogen and oxygen atoms in total. The zero-order valence-electron chi connectivity index (χ0n) is 12.0. The van der Waals surface area contributed by atoms with Crippen LogP contribution in [0.3, 0.4) is 0 Å². The summed E-state index contributed by atoms with van der Waals surface area (Å²) in [6.07, 6.45) is 8.20. The Morgan fingerprint density at radius 2 is 1.70 bits per heavy atom. The summed E-state index contributed by atoms with van der Waals surface area (Å²) in [5, 5.41) is 2.69. The van der Waals surface area contributed by atoms with Gasteiger partial charge in [-0.3, -0.25) is 14.6 Å². The lowest BCUT2D eigenvalue weighted by atomic mass is 10.1. The molecule has 0 aromatic carbocycles. The second kappa shape index (κ2) is 9.12. The van der Waals surface area contributed by atoms with Crippen molar-refractivity contribution in [2.75, 3.05) is 6.54 Å². The Bertz CT molecular complexity index is 491. The van der Waals surface area contributed by atoms with Crippen LogP contribution in [0.25, 0.3) is 0 Å². The third-order valence-electron chi connectivity index (χ3n) is 3.07. The molecule has 3 N–H and O–H groups in total. The van der Waals surface area contributed by atoms with E-state index in [-0.39, 0.29) is 5.69 Å². The van der Waals surface area contributed by atoms with Crippen LogP contribution >= 0.6 is 0 Å². The highest BCUT2D eigenvalue weighted by atomic mass is 16.2. The number of carbonyl (C=O) groups excluding carboxylic acids is 1. The van der Waals surface area contributed by atoms with Gasteiger partial charge in [-0.2, -0.15) is 0 Å². The van der Waals surface area contributed by atoms with Gasteiger partial charge in [0.15, 0.2) is 0 Å². The van der Waals surface area contributed by atoms with Crippen molar-refractivity contribution in [3.63, 3.8) is 0 Å². The van der Waals surface area contributed by atoms with Crippen molar-refractivity contribution in [2.45, 2.75) is 51.9 Å². The maximum Gasteiger partial charge on any atom is 0.326 e. The molecule has 0 aliphatic carbocycles. The quantitative estimate of drug-likeness (QED) is 0.599. The summed E-state index contributed by atoms with van der Waals surface area (Å²) >= 11 is 0. The van der Waals surface area contributed by atoms with E-state index < -0.39 is 17.2 Å². The first-order chi connectivity index (χ1) is 9.63. The number of carbonyl (C=O) groups is 1. The van der Waals surface area contributed by atoms with Gasteiger partial charge in [0, 0.05) is 12.6 Å². The predicted octanol–water partition coefficient (Wildman–Crippen LogP) is 1.54. The van der Waals surface area contributed by atoms with Crippen molar-refractivity contribution < 1.29 is 4.79 Å². The minimum atomic E-state index is -0.668. The van der Waals surface area contributed by atoms with Crippen molar-refractivity contribution in [1.29, 1.82) is 0 Å². The molecule has 1 rings (SSSR count). The molecule has 0 unspecified atom stereocenters. The van der Waals surface area contributed by atoms with E-state index in [4.69, 9.17) is 0 Å². The molecular formula is C14H23N3O3. The largest absolute Gasteiger partial charge is 0.351 e. The Balaban J connectivity index is 2.20. The molecule has 1 amide bonds. The van der Waals surface area contributed by atoms with Gasteiger partial charge in [-0.05, 0) is 6.42 Å². The van der Waals surface area contributed by atoms with Crippen LogP contribution in [0.5, 0.6) is 0 Å². The number of hydrogen-bond donors (Lipinski definition) is 3. The SMILES string of the molecule is CCCCCCCCCNC(=O)c1cc(=O)[nH]c(=O)[nH]1. The van der Waals surface area contributed by atoms with E-state index >= 15 is 0 Å². The van der Waals surface area contributed by atoms with Gasteiger partial charge in [0.2, 0.25) is 0 Å². The van der Waals surface area contributed by atoms with Crippen LogP contribution in [0, 0.1) is 0 Å². The number of unbranched alkanes of at least 4 members (excludes halogenated alkanes) is 6. The van der Waals surface area contributed by atoms with E-state index in [1.165, 1.54) is 32.1 Å². The summed E-state index contributed by atoms with van der Waals surface area (Å²) in [6, 6.07) is 1.08. The fraction of sp³-hybridized carbons (Fsp3) is 0.643. The van der Waals surface area contributed by atoms with E-state index in [9.17, 15) is 14.4 Å². The van der Waals surface area contributed by atoms with Crippen LogP contribution in [0.1, 0.15) is 62.4 Å². The molecule has 0 spiro atoms. The predicted molar refractivity (Wildman–Crippen MR) is 78.0 cm³/mol. The summed E-state index contributed by atoms with van der Waals surface area (Å²) in [4.78, 5) is 38.1. The minimum absolute atomic E-state index is 0.00157. The molecule has 0 radical (unpaired) electrons. The Morgan fingerprint density at radius 1 is 1.05 bits per heavy atom. The standard InChI is InChI=1S/C14H23N3O3/c1-2-3-4-5-6-7-8-9-15-13(19)11-10-12(18)17-14(20)16-11/h10H,2-9H2,1H3,(H,15,19)(H2,16,17,18,20). The molecule has 0 saturated carbocycles. The lowest BCUT2D eigenvalue weighted by Crippen LogP contribution is -2.31. The number of amides is 1. The summed E-state index contributed by atoms with van der Waals surface area (Å²) in [5.41, 5.74) is -1.24. The molecule has 20 heavy (non-hydrogen) atoms. The molecular weight excluding hydrogens is 258 g/mol. The maximum absolute atomic E-state index is 11.7. The summed E-state index contributed by atoms with van der Waals surface area (Å²) < 4.78 is 0. The fourth-order valence-corrected chi connectivity index (χ4v) is 1.97. The molecule has 1 aromatic heterocycles. The fourth-order valence-electron chi connectivity index (χ4n) is 1.97. The first-order valence-corrected chi connectivity index (χ1v) is 7.25. The molecule has 6 heteroatoms. The first-order valence-electron chi connectivity index (χ1n) is 7.25. The van der Waals surface area contributed by atoms with E-state index in [1.54, 1.807) is 0 Å². The molecule has 0 saturated heterocycles. The highest BCUT2D eigenvalue weighted by Gasteiger charge is 2.06. The van der Waals surface area contributed by atoms with Gasteiger partial charge < -0.3 is 10.3 Å². The topological polar surface area (TPSA) is 94.8 Å². The van der Waals surface area contributed by atoms with Crippen LogP contribution < -0.4 is 16.6 Å². The number of hydrogen-bond acceptors (Lipinski definition) is 3. The van der Waals surface area contributed by atoms with Crippen molar-refractivity contribution >= 4 is 5.91 Å². The Kier molecular flexibility index (Phi) is 7.39. The number of aromatic amines is 2. The average Bonchev–Trinajstić information content (AvgIpc) is 2.40. The number of aromatic nitrogens is 2. The van der Waals surface area contributed by atoms with Gasteiger partial charge in [-0.15, -0.1) is 0 Å². The van der Waals surface area contributed by atoms with Crippen LogP contribution in [0.15, 0.2) is 15.7 Å². The van der Waals surface area contributed by atoms with Crippen LogP contribution in [-0.4, -0.2) is 22.4 Å². The maximum atomic E-state index is 11.7. The van der Waals surface area contributed by atoms with Crippen LogP contribution in [0.2, 0.25) is 0 Å². The number of rotatable bonds is 9. The van der Waals surface area contributed by atoms with E-state index in [1.807, 2.05) is 4.98 Å². The summed E-state index contributed by atoms with van der Waals surface area (Å²) in [7, 11) is 0. The van der Waals surface area contributed by atoms with E-state index in [2.05, 4.69) is 17.2 Å². The van der Waals surface area contributed by atoms with Crippen molar-refractivity contribution in [1.82, 2.24) is 15.3 Å². The van der Waals surface area contributed by atoms with Crippen molar-refractivity contribution in [2.24, 2.45) is 0 Å². The van der Waals surface area contributed by atoms with Gasteiger partial charge in [0.05, 0.1) is 0 Å². The third kappa shape index (κ3) is 6.36. The number of H-pyrrole nitrogens is 2. The molecule has 0 bridgehead atoms. The molecule has 0 aliphatic rings. The second-order valence-electron chi connectivity index (χ2n) is 4.88. The highest BCUT2D eigenvalue weighted by Crippen LogP contribution is 2.06. The molecule has 0 aliphatic heterocycles. The van der Waals surface area contributed by atoms with Crippen molar-refractivity contribution in [3.8, 4) is 0 Å². The lowest BCUT2D eigenvalue weighted by molar-refractivity contribution is 0.0947. The average molecular weight is 281 g/mol. The van der Waals surface area contributed by atoms with Gasteiger partial charge in [-0.1, -0.05) is 45.4 Å². The van der Waals surface area contributed by atoms with E-state index in [0.29, 0.717) is 6.54 Å². The normalized spacial score (nSPS) is 10.4. The monoisotopic (exact) mass is 281 g/mol. The second-order valence-corrected chi connectivity index (χ2v) is 4.88. The molecule has 0 fully saturated rings. The lowest BCUT2D eigenvalue weighted by Gasteiger charge is -2.04. The zero-order chi connectivity index (χ0) is 14.8. The van der Waals surface area contributed by atoms with Crippen LogP contribution in [-0.2, 0) is 0 Å². The van der Waals surface area contributed by atoms with Crippen LogP contribution in [0.4, 0.5) is 0 Å². The first kappa shape index (κ1) is 16.2. The molecule has 0 atom stereocenters. The minimum Gasteiger partial charge on any atom is -0.351 e. The summed E-state index contributed by atoms with van der Waals surface area (Å²) in [5.74, 6) is -0.417. The molecule has 1 aromatic rings. The highest BCUT2D eigenvalue weighted by molar-refractivity contribution is 5.91. The Morgan fingerprint density at radius 3 is 2.35 bits per heavy atom. The molecule has 112 valence electrons. The van der Waals surface area contributed by atoms with Crippen molar-refractivity contribution in [3.05, 3.63) is 32.6 Å². The zero-order valence-corrected chi connectivity index (χ0v) is 12.0. The van der Waals surface area contributed by atoms with Gasteiger partial charge in [-0.25, -0.2) is 4.79 Å². The smallest absolute Gasteiger partial charge is 0.326 e. The Labute approximate surface area is 118 Å². The van der Waals surface area contributed by atoms with E-state index in [0.717, 1.165) is 18.9 Å². The summed E-state index contributed by atoms with van der Waals surface area (Å²) in [6.45, 7) is 2.75. The van der Waals surface area contributed by atoms with Gasteiger partial charge in [0.25, 0.3) is 11.5 Å². The third-order valence-corrected chi connectivity index (χ3v) is 3.07. The number of nitrogens with one attached hydrogen (secondary N) is 3. The van der Waals surface area contributed by atoms with Gasteiger partial charge in [0.1, 0.15) is 5.69 Å².